The quantitative estimate of drug-likeness (QED) is 0.762. The van der Waals surface area contributed by atoms with Gasteiger partial charge in [-0.05, 0) is 31.2 Å². The van der Waals surface area contributed by atoms with E-state index in [0.717, 1.165) is 29.6 Å². The molecule has 0 aromatic heterocycles. The van der Waals surface area contributed by atoms with Crippen LogP contribution < -0.4 is 10.0 Å². The predicted octanol–water partition coefficient (Wildman–Crippen LogP) is 2.72. The summed E-state index contributed by atoms with van der Waals surface area (Å²) in [5.74, 6) is 0. The van der Waals surface area contributed by atoms with Crippen molar-refractivity contribution in [1.82, 2.24) is 10.0 Å². The van der Waals surface area contributed by atoms with Crippen LogP contribution in [0.25, 0.3) is 0 Å². The van der Waals surface area contributed by atoms with Crippen molar-refractivity contribution in [1.29, 1.82) is 0 Å². The van der Waals surface area contributed by atoms with E-state index in [-0.39, 0.29) is 22.3 Å². The zero-order valence-corrected chi connectivity index (χ0v) is 14.5. The first kappa shape index (κ1) is 17.9. The van der Waals surface area contributed by atoms with Gasteiger partial charge in [-0.3, -0.25) is 0 Å². The van der Waals surface area contributed by atoms with E-state index in [1.807, 2.05) is 6.08 Å². The van der Waals surface area contributed by atoms with Crippen molar-refractivity contribution in [3.05, 3.63) is 39.3 Å². The molecule has 1 aromatic rings. The van der Waals surface area contributed by atoms with Crippen LogP contribution in [0.4, 0.5) is 0 Å². The Balaban J connectivity index is 0.00000200. The Morgan fingerprint density at radius 2 is 2.15 bits per heavy atom. The molecule has 1 heterocycles. The molecule has 0 aliphatic carbocycles. The Bertz CT molecular complexity index is 605. The van der Waals surface area contributed by atoms with Crippen LogP contribution in [0.5, 0.6) is 0 Å². The summed E-state index contributed by atoms with van der Waals surface area (Å²) < 4.78 is 27.6. The molecule has 0 amide bonds. The minimum Gasteiger partial charge on any atom is -0.313 e. The molecule has 0 saturated carbocycles. The van der Waals surface area contributed by atoms with Gasteiger partial charge in [0.1, 0.15) is 4.90 Å². The number of nitrogens with one attached hydrogen (secondary N) is 2. The van der Waals surface area contributed by atoms with Crippen LogP contribution in [-0.2, 0) is 10.0 Å². The van der Waals surface area contributed by atoms with Gasteiger partial charge in [0.15, 0.2) is 0 Å². The first-order valence-electron chi connectivity index (χ1n) is 5.82. The third kappa shape index (κ3) is 4.72. The average molecular weight is 402 g/mol. The molecule has 0 saturated heterocycles. The molecule has 0 radical (unpaired) electrons. The van der Waals surface area contributed by atoms with Crippen molar-refractivity contribution in [2.24, 2.45) is 0 Å². The first-order chi connectivity index (χ1) is 8.99. The van der Waals surface area contributed by atoms with Gasteiger partial charge in [0.2, 0.25) is 10.0 Å². The van der Waals surface area contributed by atoms with E-state index in [9.17, 15) is 8.42 Å². The molecule has 2 N–H and O–H groups in total. The molecule has 1 aliphatic rings. The normalized spacial score (nSPS) is 15.4. The minimum absolute atomic E-state index is 0. The molecular weight excluding hydrogens is 387 g/mol. The topological polar surface area (TPSA) is 58.2 Å². The lowest BCUT2D eigenvalue weighted by Crippen LogP contribution is -2.29. The van der Waals surface area contributed by atoms with Crippen molar-refractivity contribution in [3.8, 4) is 0 Å². The van der Waals surface area contributed by atoms with E-state index >= 15 is 0 Å². The molecule has 2 rings (SSSR count). The molecule has 0 fully saturated rings. The Morgan fingerprint density at radius 3 is 2.75 bits per heavy atom. The molecule has 0 unspecified atom stereocenters. The smallest absolute Gasteiger partial charge is 0.242 e. The Morgan fingerprint density at radius 1 is 1.40 bits per heavy atom. The zero-order chi connectivity index (χ0) is 13.9. The summed E-state index contributed by atoms with van der Waals surface area (Å²) in [4.78, 5) is 0.104. The maximum absolute atomic E-state index is 12.2. The van der Waals surface area contributed by atoms with Crippen molar-refractivity contribution in [3.63, 3.8) is 0 Å². The zero-order valence-electron chi connectivity index (χ0n) is 10.5. The van der Waals surface area contributed by atoms with E-state index in [1.54, 1.807) is 12.1 Å². The highest BCUT2D eigenvalue weighted by Crippen LogP contribution is 2.25. The highest BCUT2D eigenvalue weighted by atomic mass is 79.9. The summed E-state index contributed by atoms with van der Waals surface area (Å²) in [5.41, 5.74) is 1.09. The van der Waals surface area contributed by atoms with Crippen molar-refractivity contribution >= 4 is 50.0 Å². The van der Waals surface area contributed by atoms with Crippen LogP contribution in [0.3, 0.4) is 0 Å². The highest BCUT2D eigenvalue weighted by Gasteiger charge is 2.18. The maximum atomic E-state index is 12.2. The fourth-order valence-corrected chi connectivity index (χ4v) is 3.86. The molecule has 0 atom stereocenters. The predicted molar refractivity (Wildman–Crippen MR) is 87.2 cm³/mol. The van der Waals surface area contributed by atoms with Crippen LogP contribution in [-0.4, -0.2) is 28.1 Å². The van der Waals surface area contributed by atoms with Crippen LogP contribution in [0.15, 0.2) is 39.2 Å². The van der Waals surface area contributed by atoms with Crippen molar-refractivity contribution in [2.75, 3.05) is 19.6 Å². The van der Waals surface area contributed by atoms with Crippen molar-refractivity contribution < 1.29 is 8.42 Å². The van der Waals surface area contributed by atoms with Gasteiger partial charge < -0.3 is 5.32 Å². The Kier molecular flexibility index (Phi) is 6.97. The summed E-state index contributed by atoms with van der Waals surface area (Å²) in [7, 11) is -3.57. The van der Waals surface area contributed by atoms with E-state index in [4.69, 9.17) is 11.6 Å². The SMILES string of the molecule is Cl.O=S(=O)(NCC1=CCNCC1)c1ccc(Br)cc1Cl. The lowest BCUT2D eigenvalue weighted by Gasteiger charge is -2.15. The minimum atomic E-state index is -3.57. The third-order valence-corrected chi connectivity index (χ3v) is 5.21. The summed E-state index contributed by atoms with van der Waals surface area (Å²) in [6, 6.07) is 4.72. The van der Waals surface area contributed by atoms with Gasteiger partial charge in [-0.1, -0.05) is 39.2 Å². The second-order valence-corrected chi connectivity index (χ2v) is 7.27. The molecule has 0 bridgehead atoms. The van der Waals surface area contributed by atoms with Crippen LogP contribution >= 0.6 is 39.9 Å². The molecule has 0 spiro atoms. The number of halogens is 3. The summed E-state index contributed by atoms with van der Waals surface area (Å²) in [6.45, 7) is 2.00. The molecule has 1 aliphatic heterocycles. The van der Waals surface area contributed by atoms with Crippen molar-refractivity contribution in [2.45, 2.75) is 11.3 Å². The fourth-order valence-electron chi connectivity index (χ4n) is 1.79. The van der Waals surface area contributed by atoms with Crippen LogP contribution in [0.1, 0.15) is 6.42 Å². The van der Waals surface area contributed by atoms with E-state index in [1.165, 1.54) is 6.07 Å². The first-order valence-corrected chi connectivity index (χ1v) is 8.48. The van der Waals surface area contributed by atoms with Gasteiger partial charge in [-0.25, -0.2) is 13.1 Å². The maximum Gasteiger partial charge on any atom is 0.242 e. The number of benzene rings is 1. The molecular formula is C12H15BrCl2N2O2S. The molecule has 20 heavy (non-hydrogen) atoms. The number of rotatable bonds is 4. The summed E-state index contributed by atoms with van der Waals surface area (Å²) in [5, 5.41) is 3.39. The lowest BCUT2D eigenvalue weighted by atomic mass is 10.1. The number of hydrogen-bond acceptors (Lipinski definition) is 3. The second kappa shape index (κ2) is 7.77. The standard InChI is InChI=1S/C12H14BrClN2O2S.ClH/c13-10-1-2-12(11(14)7-10)19(17,18)16-8-9-3-5-15-6-4-9;/h1-3,7,15-16H,4-6,8H2;1H. The van der Waals surface area contributed by atoms with Gasteiger partial charge in [-0.15, -0.1) is 12.4 Å². The van der Waals surface area contributed by atoms with E-state index < -0.39 is 10.0 Å². The Labute approximate surface area is 138 Å². The Hall–Kier alpha value is -0.110. The van der Waals surface area contributed by atoms with Gasteiger partial charge in [-0.2, -0.15) is 0 Å². The van der Waals surface area contributed by atoms with Crippen LogP contribution in [0.2, 0.25) is 5.02 Å². The van der Waals surface area contributed by atoms with Gasteiger partial charge in [0.25, 0.3) is 0 Å². The van der Waals surface area contributed by atoms with Crippen LogP contribution in [0, 0.1) is 0 Å². The average Bonchev–Trinajstić information content (AvgIpc) is 2.37. The number of hydrogen-bond donors (Lipinski definition) is 2. The second-order valence-electron chi connectivity index (χ2n) is 4.22. The summed E-state index contributed by atoms with van der Waals surface area (Å²) >= 11 is 9.21. The molecule has 4 nitrogen and oxygen atoms in total. The monoisotopic (exact) mass is 400 g/mol. The summed E-state index contributed by atoms with van der Waals surface area (Å²) in [6.07, 6.45) is 2.87. The van der Waals surface area contributed by atoms with E-state index in [2.05, 4.69) is 26.0 Å². The van der Waals surface area contributed by atoms with Gasteiger partial charge >= 0.3 is 0 Å². The third-order valence-electron chi connectivity index (χ3n) is 2.83. The largest absolute Gasteiger partial charge is 0.313 e. The molecule has 8 heteroatoms. The number of sulfonamides is 1. The fraction of sp³-hybridized carbons (Fsp3) is 0.333. The molecule has 112 valence electrons. The van der Waals surface area contributed by atoms with Gasteiger partial charge in [0, 0.05) is 17.6 Å². The lowest BCUT2D eigenvalue weighted by molar-refractivity contribution is 0.582. The van der Waals surface area contributed by atoms with E-state index in [0.29, 0.717) is 6.54 Å². The van der Waals surface area contributed by atoms with Gasteiger partial charge in [0.05, 0.1) is 5.02 Å². The molecule has 1 aromatic carbocycles. The highest BCUT2D eigenvalue weighted by molar-refractivity contribution is 9.10.